The van der Waals surface area contributed by atoms with Gasteiger partial charge in [-0.3, -0.25) is 0 Å². The van der Waals surface area contributed by atoms with Gasteiger partial charge in [-0.15, -0.1) is 0 Å². The van der Waals surface area contributed by atoms with Gasteiger partial charge in [0.1, 0.15) is 0 Å². The Labute approximate surface area is 109 Å². The predicted molar refractivity (Wildman–Crippen MR) is 71.8 cm³/mol. The molecule has 0 spiro atoms. The van der Waals surface area contributed by atoms with Gasteiger partial charge < -0.3 is 5.73 Å². The van der Waals surface area contributed by atoms with Crippen molar-refractivity contribution in [2.75, 3.05) is 6.54 Å². The van der Waals surface area contributed by atoms with E-state index in [0.717, 1.165) is 24.0 Å². The number of aryl methyl sites for hydroxylation is 2. The van der Waals surface area contributed by atoms with Crippen LogP contribution in [0.3, 0.4) is 0 Å². The minimum absolute atomic E-state index is 0.128. The summed E-state index contributed by atoms with van der Waals surface area (Å²) in [6, 6.07) is 5.05. The molecule has 0 heterocycles. The molecule has 1 aliphatic rings. The van der Waals surface area contributed by atoms with Gasteiger partial charge >= 0.3 is 0 Å². The van der Waals surface area contributed by atoms with Crippen LogP contribution in [-0.2, 0) is 10.0 Å². The van der Waals surface area contributed by atoms with Crippen molar-refractivity contribution in [2.45, 2.75) is 37.6 Å². The minimum atomic E-state index is -3.45. The van der Waals surface area contributed by atoms with Crippen LogP contribution in [0.5, 0.6) is 0 Å². The molecule has 100 valence electrons. The van der Waals surface area contributed by atoms with Crippen molar-refractivity contribution in [3.8, 4) is 0 Å². The van der Waals surface area contributed by atoms with E-state index in [0.29, 0.717) is 17.4 Å². The number of sulfonamides is 1. The third-order valence-corrected chi connectivity index (χ3v) is 5.03. The van der Waals surface area contributed by atoms with Crippen LogP contribution >= 0.6 is 0 Å². The Morgan fingerprint density at radius 2 is 2.00 bits per heavy atom. The number of nitrogens with one attached hydrogen (secondary N) is 1. The van der Waals surface area contributed by atoms with Gasteiger partial charge in [-0.05, 0) is 55.9 Å². The molecule has 0 aromatic heterocycles. The van der Waals surface area contributed by atoms with Crippen LogP contribution in [0.25, 0.3) is 0 Å². The highest BCUT2D eigenvalue weighted by molar-refractivity contribution is 7.89. The normalized spacial score (nSPS) is 17.7. The van der Waals surface area contributed by atoms with Crippen LogP contribution in [-0.4, -0.2) is 21.0 Å². The quantitative estimate of drug-likeness (QED) is 0.846. The fourth-order valence-corrected chi connectivity index (χ4v) is 3.39. The molecule has 1 saturated carbocycles. The van der Waals surface area contributed by atoms with E-state index in [1.54, 1.807) is 12.1 Å². The smallest absolute Gasteiger partial charge is 0.240 e. The van der Waals surface area contributed by atoms with Gasteiger partial charge in [0.2, 0.25) is 10.0 Å². The lowest BCUT2D eigenvalue weighted by Crippen LogP contribution is -2.41. The van der Waals surface area contributed by atoms with Crippen LogP contribution < -0.4 is 10.5 Å². The van der Waals surface area contributed by atoms with Crippen molar-refractivity contribution in [1.82, 2.24) is 4.72 Å². The maximum Gasteiger partial charge on any atom is 0.240 e. The molecular weight excluding hydrogens is 248 g/mol. The molecule has 2 rings (SSSR count). The fraction of sp³-hybridized carbons (Fsp3) is 0.538. The molecule has 18 heavy (non-hydrogen) atoms. The Morgan fingerprint density at radius 3 is 2.50 bits per heavy atom. The first-order valence-electron chi connectivity index (χ1n) is 6.23. The van der Waals surface area contributed by atoms with Crippen molar-refractivity contribution >= 4 is 10.0 Å². The molecule has 0 amide bonds. The Bertz CT molecular complexity index is 536. The first-order chi connectivity index (χ1) is 8.44. The van der Waals surface area contributed by atoms with Gasteiger partial charge in [0.25, 0.3) is 0 Å². The van der Waals surface area contributed by atoms with Crippen LogP contribution in [0.15, 0.2) is 23.1 Å². The van der Waals surface area contributed by atoms with Gasteiger partial charge in [-0.25, -0.2) is 13.1 Å². The zero-order valence-electron chi connectivity index (χ0n) is 10.8. The average Bonchev–Trinajstić information content (AvgIpc) is 3.13. The monoisotopic (exact) mass is 268 g/mol. The summed E-state index contributed by atoms with van der Waals surface area (Å²) in [5, 5.41) is 0. The second-order valence-corrected chi connectivity index (χ2v) is 6.76. The lowest BCUT2D eigenvalue weighted by atomic mass is 10.1. The van der Waals surface area contributed by atoms with E-state index in [-0.39, 0.29) is 6.04 Å². The van der Waals surface area contributed by atoms with Gasteiger partial charge in [-0.1, -0.05) is 6.07 Å². The van der Waals surface area contributed by atoms with Crippen molar-refractivity contribution in [2.24, 2.45) is 11.7 Å². The highest BCUT2D eigenvalue weighted by Crippen LogP contribution is 2.32. The maximum absolute atomic E-state index is 12.2. The molecule has 0 radical (unpaired) electrons. The van der Waals surface area contributed by atoms with E-state index in [9.17, 15) is 8.42 Å². The van der Waals surface area contributed by atoms with Crippen LogP contribution in [0, 0.1) is 19.8 Å². The lowest BCUT2D eigenvalue weighted by Gasteiger charge is -2.16. The molecule has 1 unspecified atom stereocenters. The van der Waals surface area contributed by atoms with Crippen molar-refractivity contribution < 1.29 is 8.42 Å². The topological polar surface area (TPSA) is 72.2 Å². The highest BCUT2D eigenvalue weighted by Gasteiger charge is 2.33. The zero-order valence-corrected chi connectivity index (χ0v) is 11.6. The number of hydrogen-bond acceptors (Lipinski definition) is 3. The standard InChI is InChI=1S/C13H20N2O2S/c1-9-3-6-12(7-10(9)2)18(16,17)15-13(8-14)11-4-5-11/h3,6-7,11,13,15H,4-5,8,14H2,1-2H3. The zero-order chi connectivity index (χ0) is 13.3. The number of nitrogens with two attached hydrogens (primary N) is 1. The third kappa shape index (κ3) is 2.91. The van der Waals surface area contributed by atoms with E-state index in [1.807, 2.05) is 19.9 Å². The molecule has 0 saturated heterocycles. The van der Waals surface area contributed by atoms with Crippen LogP contribution in [0.4, 0.5) is 0 Å². The van der Waals surface area contributed by atoms with Crippen molar-refractivity contribution in [1.29, 1.82) is 0 Å². The summed E-state index contributed by atoms with van der Waals surface area (Å²) in [5.74, 6) is 0.413. The lowest BCUT2D eigenvalue weighted by molar-refractivity contribution is 0.519. The summed E-state index contributed by atoms with van der Waals surface area (Å²) in [6.07, 6.45) is 2.13. The van der Waals surface area contributed by atoms with Gasteiger partial charge in [0.05, 0.1) is 4.90 Å². The number of benzene rings is 1. The number of rotatable bonds is 5. The Balaban J connectivity index is 2.21. The predicted octanol–water partition coefficient (Wildman–Crippen LogP) is 1.32. The first kappa shape index (κ1) is 13.5. The van der Waals surface area contributed by atoms with E-state index < -0.39 is 10.0 Å². The summed E-state index contributed by atoms with van der Waals surface area (Å²) in [7, 11) is -3.45. The van der Waals surface area contributed by atoms with Crippen LogP contribution in [0.2, 0.25) is 0 Å². The molecule has 0 bridgehead atoms. The SMILES string of the molecule is Cc1ccc(S(=O)(=O)NC(CN)C2CC2)cc1C. The van der Waals surface area contributed by atoms with E-state index >= 15 is 0 Å². The second kappa shape index (κ2) is 4.99. The van der Waals surface area contributed by atoms with Gasteiger partial charge in [0.15, 0.2) is 0 Å². The molecule has 1 fully saturated rings. The molecule has 3 N–H and O–H groups in total. The van der Waals surface area contributed by atoms with E-state index in [2.05, 4.69) is 4.72 Å². The van der Waals surface area contributed by atoms with E-state index in [4.69, 9.17) is 5.73 Å². The minimum Gasteiger partial charge on any atom is -0.329 e. The Hall–Kier alpha value is -0.910. The molecule has 5 heteroatoms. The Kier molecular flexibility index (Phi) is 3.75. The number of hydrogen-bond donors (Lipinski definition) is 2. The molecule has 1 aromatic carbocycles. The third-order valence-electron chi connectivity index (χ3n) is 3.54. The summed E-state index contributed by atoms with van der Waals surface area (Å²) in [4.78, 5) is 0.324. The summed E-state index contributed by atoms with van der Waals surface area (Å²) in [5.41, 5.74) is 7.70. The molecule has 1 aliphatic carbocycles. The molecule has 0 aliphatic heterocycles. The second-order valence-electron chi connectivity index (χ2n) is 5.05. The van der Waals surface area contributed by atoms with Crippen molar-refractivity contribution in [3.05, 3.63) is 29.3 Å². The van der Waals surface area contributed by atoms with Gasteiger partial charge in [0, 0.05) is 12.6 Å². The summed E-state index contributed by atoms with van der Waals surface area (Å²) in [6.45, 7) is 4.23. The van der Waals surface area contributed by atoms with Crippen molar-refractivity contribution in [3.63, 3.8) is 0 Å². The largest absolute Gasteiger partial charge is 0.329 e. The molecule has 4 nitrogen and oxygen atoms in total. The Morgan fingerprint density at radius 1 is 1.33 bits per heavy atom. The van der Waals surface area contributed by atoms with E-state index in [1.165, 1.54) is 0 Å². The highest BCUT2D eigenvalue weighted by atomic mass is 32.2. The molecule has 1 aromatic rings. The summed E-state index contributed by atoms with van der Waals surface area (Å²) >= 11 is 0. The maximum atomic E-state index is 12.2. The van der Waals surface area contributed by atoms with Crippen LogP contribution in [0.1, 0.15) is 24.0 Å². The average molecular weight is 268 g/mol. The van der Waals surface area contributed by atoms with Gasteiger partial charge in [-0.2, -0.15) is 0 Å². The molecular formula is C13H20N2O2S. The summed E-state index contributed by atoms with van der Waals surface area (Å²) < 4.78 is 27.2. The molecule has 1 atom stereocenters. The fourth-order valence-electron chi connectivity index (χ4n) is 1.98. The first-order valence-corrected chi connectivity index (χ1v) is 7.72.